The molecule has 1 amide bonds. The van der Waals surface area contributed by atoms with Gasteiger partial charge in [-0.1, -0.05) is 51.2 Å². The van der Waals surface area contributed by atoms with Crippen LogP contribution in [0.3, 0.4) is 0 Å². The number of ether oxygens (including phenoxy) is 1. The number of unbranched alkanes of at least 4 members (excludes halogenated alkanes) is 5. The van der Waals surface area contributed by atoms with Crippen molar-refractivity contribution in [3.05, 3.63) is 24.3 Å². The summed E-state index contributed by atoms with van der Waals surface area (Å²) < 4.78 is 4.98. The van der Waals surface area contributed by atoms with Gasteiger partial charge < -0.3 is 10.5 Å². The number of carbonyl (C=O) groups is 2. The molecule has 2 N–H and O–H groups in total. The lowest BCUT2D eigenvalue weighted by Crippen LogP contribution is -2.05. The standard InChI is InChI=1S/C14H23NO3/c1-2-3-4-5-6-9-12-18-14(17)11-8-7-10-13(15)16/h7-8,10-11H,2-6,9,12H2,1H3,(H2,15,16)/b10-7+,11-8+. The van der Waals surface area contributed by atoms with Gasteiger partial charge in [-0.05, 0) is 6.42 Å². The second-order valence-electron chi connectivity index (χ2n) is 4.06. The highest BCUT2D eigenvalue weighted by atomic mass is 16.5. The number of primary amides is 1. The molecule has 0 spiro atoms. The molecule has 0 unspecified atom stereocenters. The van der Waals surface area contributed by atoms with Gasteiger partial charge in [-0.25, -0.2) is 4.79 Å². The van der Waals surface area contributed by atoms with Crippen molar-refractivity contribution < 1.29 is 14.3 Å². The van der Waals surface area contributed by atoms with Crippen LogP contribution in [0.25, 0.3) is 0 Å². The summed E-state index contributed by atoms with van der Waals surface area (Å²) in [5.74, 6) is -0.933. The maximum Gasteiger partial charge on any atom is 0.330 e. The molecule has 0 saturated carbocycles. The Labute approximate surface area is 109 Å². The summed E-state index contributed by atoms with van der Waals surface area (Å²) in [5.41, 5.74) is 4.88. The van der Waals surface area contributed by atoms with Gasteiger partial charge >= 0.3 is 5.97 Å². The lowest BCUT2D eigenvalue weighted by molar-refractivity contribution is -0.137. The van der Waals surface area contributed by atoms with Crippen molar-refractivity contribution in [3.8, 4) is 0 Å². The van der Waals surface area contributed by atoms with E-state index in [2.05, 4.69) is 6.92 Å². The lowest BCUT2D eigenvalue weighted by atomic mass is 10.1. The normalized spacial score (nSPS) is 11.2. The van der Waals surface area contributed by atoms with Gasteiger partial charge in [0.2, 0.25) is 5.91 Å². The van der Waals surface area contributed by atoms with Gasteiger partial charge in [0, 0.05) is 12.2 Å². The van der Waals surface area contributed by atoms with E-state index in [0.717, 1.165) is 12.8 Å². The molecule has 0 heterocycles. The number of amides is 1. The molecule has 0 rings (SSSR count). The van der Waals surface area contributed by atoms with Crippen LogP contribution < -0.4 is 5.73 Å². The van der Waals surface area contributed by atoms with Crippen LogP contribution in [0.1, 0.15) is 45.4 Å². The first-order valence-electron chi connectivity index (χ1n) is 6.47. The van der Waals surface area contributed by atoms with Crippen molar-refractivity contribution in [2.45, 2.75) is 45.4 Å². The molecule has 4 heteroatoms. The van der Waals surface area contributed by atoms with Crippen LogP contribution >= 0.6 is 0 Å². The molecule has 0 bridgehead atoms. The van der Waals surface area contributed by atoms with Crippen molar-refractivity contribution in [2.24, 2.45) is 5.73 Å². The van der Waals surface area contributed by atoms with Gasteiger partial charge in [-0.3, -0.25) is 4.79 Å². The Kier molecular flexibility index (Phi) is 10.8. The van der Waals surface area contributed by atoms with Gasteiger partial charge in [0.1, 0.15) is 0 Å². The van der Waals surface area contributed by atoms with Crippen LogP contribution in [0.15, 0.2) is 24.3 Å². The van der Waals surface area contributed by atoms with E-state index < -0.39 is 11.9 Å². The molecular weight excluding hydrogens is 230 g/mol. The lowest BCUT2D eigenvalue weighted by Gasteiger charge is -2.01. The predicted octanol–water partition coefficient (Wildman–Crippen LogP) is 2.49. The second kappa shape index (κ2) is 11.9. The molecule has 0 saturated heterocycles. The average Bonchev–Trinajstić information content (AvgIpc) is 2.33. The number of hydrogen-bond acceptors (Lipinski definition) is 3. The van der Waals surface area contributed by atoms with Crippen molar-refractivity contribution in [2.75, 3.05) is 6.61 Å². The van der Waals surface area contributed by atoms with E-state index in [-0.39, 0.29) is 0 Å². The number of esters is 1. The first kappa shape index (κ1) is 16.4. The van der Waals surface area contributed by atoms with Crippen molar-refractivity contribution in [3.63, 3.8) is 0 Å². The zero-order chi connectivity index (χ0) is 13.6. The molecule has 0 aromatic rings. The minimum Gasteiger partial charge on any atom is -0.463 e. The molecule has 18 heavy (non-hydrogen) atoms. The highest BCUT2D eigenvalue weighted by molar-refractivity contribution is 5.86. The number of hydrogen-bond donors (Lipinski definition) is 1. The zero-order valence-electron chi connectivity index (χ0n) is 11.1. The fourth-order valence-electron chi connectivity index (χ4n) is 1.39. The molecule has 0 radical (unpaired) electrons. The van der Waals surface area contributed by atoms with Gasteiger partial charge in [0.25, 0.3) is 0 Å². The number of rotatable bonds is 10. The minimum absolute atomic E-state index is 0.391. The Bertz CT molecular complexity index is 295. The highest BCUT2D eigenvalue weighted by Crippen LogP contribution is 2.04. The summed E-state index contributed by atoms with van der Waals surface area (Å²) in [4.78, 5) is 21.5. The first-order valence-corrected chi connectivity index (χ1v) is 6.47. The fraction of sp³-hybridized carbons (Fsp3) is 0.571. The highest BCUT2D eigenvalue weighted by Gasteiger charge is 1.95. The molecule has 0 aromatic carbocycles. The summed E-state index contributed by atoms with van der Waals surface area (Å²) in [7, 11) is 0. The Balaban J connectivity index is 3.45. The summed E-state index contributed by atoms with van der Waals surface area (Å²) in [6.07, 6.45) is 12.3. The van der Waals surface area contributed by atoms with Crippen LogP contribution in [-0.4, -0.2) is 18.5 Å². The van der Waals surface area contributed by atoms with Crippen LogP contribution in [0.5, 0.6) is 0 Å². The molecule has 0 fully saturated rings. The van der Waals surface area contributed by atoms with E-state index in [0.29, 0.717) is 6.61 Å². The topological polar surface area (TPSA) is 69.4 Å². The van der Waals surface area contributed by atoms with Crippen LogP contribution in [0.4, 0.5) is 0 Å². The SMILES string of the molecule is CCCCCCCCOC(=O)/C=C/C=C/C(N)=O. The smallest absolute Gasteiger partial charge is 0.330 e. The Morgan fingerprint density at radius 3 is 2.28 bits per heavy atom. The zero-order valence-corrected chi connectivity index (χ0v) is 11.1. The Hall–Kier alpha value is -1.58. The third-order valence-corrected chi connectivity index (χ3v) is 2.35. The van der Waals surface area contributed by atoms with E-state index in [1.165, 1.54) is 50.0 Å². The molecule has 0 aliphatic carbocycles. The van der Waals surface area contributed by atoms with Crippen LogP contribution in [0, 0.1) is 0 Å². The maximum absolute atomic E-state index is 11.2. The molecule has 0 aliphatic heterocycles. The van der Waals surface area contributed by atoms with E-state index in [4.69, 9.17) is 10.5 Å². The molecule has 0 atom stereocenters. The van der Waals surface area contributed by atoms with E-state index >= 15 is 0 Å². The van der Waals surface area contributed by atoms with Gasteiger partial charge in [-0.2, -0.15) is 0 Å². The average molecular weight is 253 g/mol. The Morgan fingerprint density at radius 1 is 1.00 bits per heavy atom. The van der Waals surface area contributed by atoms with E-state index in [1.54, 1.807) is 0 Å². The molecule has 0 aliphatic rings. The predicted molar refractivity (Wildman–Crippen MR) is 71.8 cm³/mol. The van der Waals surface area contributed by atoms with Crippen molar-refractivity contribution in [1.29, 1.82) is 0 Å². The minimum atomic E-state index is -0.542. The number of carbonyl (C=O) groups excluding carboxylic acids is 2. The van der Waals surface area contributed by atoms with Crippen LogP contribution in [0.2, 0.25) is 0 Å². The molecular formula is C14H23NO3. The quantitative estimate of drug-likeness (QED) is 0.281. The summed E-state index contributed by atoms with van der Waals surface area (Å²) in [5, 5.41) is 0. The van der Waals surface area contributed by atoms with E-state index in [9.17, 15) is 9.59 Å². The largest absolute Gasteiger partial charge is 0.463 e. The van der Waals surface area contributed by atoms with Crippen molar-refractivity contribution in [1.82, 2.24) is 0 Å². The molecule has 0 aromatic heterocycles. The Morgan fingerprint density at radius 2 is 1.61 bits per heavy atom. The summed E-state index contributed by atoms with van der Waals surface area (Å²) in [6.45, 7) is 2.63. The number of allylic oxidation sites excluding steroid dienone is 2. The third kappa shape index (κ3) is 12.5. The van der Waals surface area contributed by atoms with E-state index in [1.807, 2.05) is 0 Å². The monoisotopic (exact) mass is 253 g/mol. The third-order valence-electron chi connectivity index (χ3n) is 2.35. The van der Waals surface area contributed by atoms with Gasteiger partial charge in [-0.15, -0.1) is 0 Å². The first-order chi connectivity index (χ1) is 8.66. The molecule has 4 nitrogen and oxygen atoms in total. The van der Waals surface area contributed by atoms with Gasteiger partial charge in [0.15, 0.2) is 0 Å². The summed E-state index contributed by atoms with van der Waals surface area (Å²) in [6, 6.07) is 0. The van der Waals surface area contributed by atoms with Crippen molar-refractivity contribution >= 4 is 11.9 Å². The summed E-state index contributed by atoms with van der Waals surface area (Å²) >= 11 is 0. The van der Waals surface area contributed by atoms with Gasteiger partial charge in [0.05, 0.1) is 6.61 Å². The second-order valence-corrected chi connectivity index (χ2v) is 4.06. The fourth-order valence-corrected chi connectivity index (χ4v) is 1.39. The maximum atomic E-state index is 11.2. The van der Waals surface area contributed by atoms with Crippen LogP contribution in [-0.2, 0) is 14.3 Å². The number of nitrogens with two attached hydrogens (primary N) is 1. The molecule has 102 valence electrons.